The van der Waals surface area contributed by atoms with E-state index in [4.69, 9.17) is 9.47 Å². The first-order valence-electron chi connectivity index (χ1n) is 8.49. The van der Waals surface area contributed by atoms with Gasteiger partial charge in [0.05, 0.1) is 36.5 Å². The zero-order chi connectivity index (χ0) is 17.3. The fraction of sp³-hybridized carbons (Fsp3) is 0.500. The average molecular weight is 359 g/mol. The quantitative estimate of drug-likeness (QED) is 0.839. The maximum Gasteiger partial charge on any atom is 0.273 e. The highest BCUT2D eigenvalue weighted by Gasteiger charge is 2.47. The van der Waals surface area contributed by atoms with Crippen LogP contribution in [0.5, 0.6) is 0 Å². The molecule has 132 valence electrons. The highest BCUT2D eigenvalue weighted by molar-refractivity contribution is 7.09. The Balaban J connectivity index is 1.32. The van der Waals surface area contributed by atoms with Gasteiger partial charge in [-0.2, -0.15) is 0 Å². The van der Waals surface area contributed by atoms with E-state index in [0.717, 1.165) is 23.4 Å². The number of rotatable bonds is 4. The summed E-state index contributed by atoms with van der Waals surface area (Å²) in [5.74, 6) is 0.00422. The predicted molar refractivity (Wildman–Crippen MR) is 93.5 cm³/mol. The van der Waals surface area contributed by atoms with E-state index in [0.29, 0.717) is 32.0 Å². The highest BCUT2D eigenvalue weighted by atomic mass is 32.1. The SMILES string of the molecule is Cc1nc(C(=O)N2CC[C@]3(C[C@H](OCc4cccnc4)CO3)C2)cs1. The summed E-state index contributed by atoms with van der Waals surface area (Å²) in [6.45, 7) is 4.37. The smallest absolute Gasteiger partial charge is 0.273 e. The van der Waals surface area contributed by atoms with Crippen molar-refractivity contribution < 1.29 is 14.3 Å². The molecule has 2 aromatic heterocycles. The molecule has 2 atom stereocenters. The molecule has 2 saturated heterocycles. The minimum Gasteiger partial charge on any atom is -0.371 e. The number of carbonyl (C=O) groups excluding carboxylic acids is 1. The molecule has 4 rings (SSSR count). The molecule has 0 unspecified atom stereocenters. The van der Waals surface area contributed by atoms with Gasteiger partial charge < -0.3 is 14.4 Å². The first kappa shape index (κ1) is 16.6. The van der Waals surface area contributed by atoms with Gasteiger partial charge in [-0.25, -0.2) is 4.98 Å². The number of hydrogen-bond acceptors (Lipinski definition) is 6. The number of nitrogens with zero attached hydrogens (tertiary/aromatic N) is 3. The molecule has 1 spiro atoms. The van der Waals surface area contributed by atoms with Crippen LogP contribution in [0.3, 0.4) is 0 Å². The third-order valence-corrected chi connectivity index (χ3v) is 5.60. The second-order valence-electron chi connectivity index (χ2n) is 6.72. The average Bonchev–Trinajstić information content (AvgIpc) is 3.35. The van der Waals surface area contributed by atoms with Crippen LogP contribution >= 0.6 is 11.3 Å². The predicted octanol–water partition coefficient (Wildman–Crippen LogP) is 2.44. The molecule has 0 aromatic carbocycles. The Kier molecular flexibility index (Phi) is 4.54. The van der Waals surface area contributed by atoms with E-state index in [1.54, 1.807) is 6.20 Å². The van der Waals surface area contributed by atoms with Crippen molar-refractivity contribution in [3.63, 3.8) is 0 Å². The Morgan fingerprint density at radius 1 is 1.56 bits per heavy atom. The summed E-state index contributed by atoms with van der Waals surface area (Å²) in [6, 6.07) is 3.91. The van der Waals surface area contributed by atoms with Crippen LogP contribution in [-0.2, 0) is 16.1 Å². The van der Waals surface area contributed by atoms with Crippen LogP contribution in [0.2, 0.25) is 0 Å². The van der Waals surface area contributed by atoms with E-state index < -0.39 is 0 Å². The molecule has 0 radical (unpaired) electrons. The summed E-state index contributed by atoms with van der Waals surface area (Å²) >= 11 is 1.51. The van der Waals surface area contributed by atoms with Crippen molar-refractivity contribution in [3.8, 4) is 0 Å². The molecular formula is C18H21N3O3S. The van der Waals surface area contributed by atoms with Crippen LogP contribution in [0.1, 0.15) is 33.9 Å². The lowest BCUT2D eigenvalue weighted by molar-refractivity contribution is 0.000221. The number of aromatic nitrogens is 2. The summed E-state index contributed by atoms with van der Waals surface area (Å²) in [5.41, 5.74) is 1.34. The second kappa shape index (κ2) is 6.82. The van der Waals surface area contributed by atoms with Crippen LogP contribution in [-0.4, -0.2) is 52.2 Å². The zero-order valence-corrected chi connectivity index (χ0v) is 15.0. The van der Waals surface area contributed by atoms with Gasteiger partial charge in [0.15, 0.2) is 0 Å². The number of pyridine rings is 1. The molecule has 1 amide bonds. The molecule has 7 heteroatoms. The maximum absolute atomic E-state index is 12.6. The van der Waals surface area contributed by atoms with Gasteiger partial charge in [0.25, 0.3) is 5.91 Å². The fourth-order valence-electron chi connectivity index (χ4n) is 3.53. The lowest BCUT2D eigenvalue weighted by atomic mass is 9.98. The summed E-state index contributed by atoms with van der Waals surface area (Å²) in [6.07, 6.45) is 5.32. The minimum atomic E-state index is -0.264. The van der Waals surface area contributed by atoms with Gasteiger partial charge in [-0.15, -0.1) is 11.3 Å². The summed E-state index contributed by atoms with van der Waals surface area (Å²) in [5, 5.41) is 2.75. The molecule has 25 heavy (non-hydrogen) atoms. The molecule has 4 heterocycles. The second-order valence-corrected chi connectivity index (χ2v) is 7.78. The van der Waals surface area contributed by atoms with Gasteiger partial charge in [-0.3, -0.25) is 9.78 Å². The molecule has 2 fully saturated rings. The van der Waals surface area contributed by atoms with Gasteiger partial charge >= 0.3 is 0 Å². The lowest BCUT2D eigenvalue weighted by Crippen LogP contribution is -2.36. The van der Waals surface area contributed by atoms with Gasteiger partial charge in [0.1, 0.15) is 5.69 Å². The van der Waals surface area contributed by atoms with Crippen LogP contribution < -0.4 is 0 Å². The fourth-order valence-corrected chi connectivity index (χ4v) is 4.12. The van der Waals surface area contributed by atoms with E-state index in [1.807, 2.05) is 35.5 Å². The van der Waals surface area contributed by atoms with E-state index >= 15 is 0 Å². The Hall–Kier alpha value is -1.83. The van der Waals surface area contributed by atoms with Crippen molar-refractivity contribution in [2.24, 2.45) is 0 Å². The molecule has 2 aromatic rings. The largest absolute Gasteiger partial charge is 0.371 e. The topological polar surface area (TPSA) is 64.6 Å². The highest BCUT2D eigenvalue weighted by Crippen LogP contribution is 2.37. The minimum absolute atomic E-state index is 0.00422. The third kappa shape index (κ3) is 3.58. The van der Waals surface area contributed by atoms with E-state index in [1.165, 1.54) is 11.3 Å². The summed E-state index contributed by atoms with van der Waals surface area (Å²) < 4.78 is 12.1. The van der Waals surface area contributed by atoms with Crippen LogP contribution in [0.15, 0.2) is 29.9 Å². The van der Waals surface area contributed by atoms with Gasteiger partial charge in [-0.05, 0) is 25.0 Å². The van der Waals surface area contributed by atoms with Crippen molar-refractivity contribution in [1.29, 1.82) is 0 Å². The maximum atomic E-state index is 12.6. The molecule has 6 nitrogen and oxygen atoms in total. The van der Waals surface area contributed by atoms with Crippen molar-refractivity contribution in [2.75, 3.05) is 19.7 Å². The number of hydrogen-bond donors (Lipinski definition) is 0. The zero-order valence-electron chi connectivity index (χ0n) is 14.2. The Morgan fingerprint density at radius 3 is 3.24 bits per heavy atom. The van der Waals surface area contributed by atoms with Crippen LogP contribution in [0, 0.1) is 6.92 Å². The molecule has 0 saturated carbocycles. The van der Waals surface area contributed by atoms with E-state index in [2.05, 4.69) is 9.97 Å². The molecule has 2 aliphatic heterocycles. The monoisotopic (exact) mass is 359 g/mol. The van der Waals surface area contributed by atoms with Crippen molar-refractivity contribution in [1.82, 2.24) is 14.9 Å². The van der Waals surface area contributed by atoms with E-state index in [-0.39, 0.29) is 17.6 Å². The van der Waals surface area contributed by atoms with Gasteiger partial charge in [0.2, 0.25) is 0 Å². The number of carbonyl (C=O) groups is 1. The van der Waals surface area contributed by atoms with Gasteiger partial charge in [0, 0.05) is 30.7 Å². The summed E-state index contributed by atoms with van der Waals surface area (Å²) in [4.78, 5) is 22.8. The number of thiazole rings is 1. The first-order valence-corrected chi connectivity index (χ1v) is 9.37. The van der Waals surface area contributed by atoms with Gasteiger partial charge in [-0.1, -0.05) is 6.07 Å². The Morgan fingerprint density at radius 2 is 2.48 bits per heavy atom. The molecule has 2 aliphatic rings. The number of amides is 1. The molecule has 0 bridgehead atoms. The number of aryl methyl sites for hydroxylation is 1. The summed E-state index contributed by atoms with van der Waals surface area (Å²) in [7, 11) is 0. The third-order valence-electron chi connectivity index (χ3n) is 4.83. The molecule has 0 N–H and O–H groups in total. The van der Waals surface area contributed by atoms with Crippen molar-refractivity contribution >= 4 is 17.2 Å². The van der Waals surface area contributed by atoms with E-state index in [9.17, 15) is 4.79 Å². The Bertz CT molecular complexity index is 751. The van der Waals surface area contributed by atoms with Crippen LogP contribution in [0.4, 0.5) is 0 Å². The normalized spacial score (nSPS) is 25.8. The number of ether oxygens (including phenoxy) is 2. The Labute approximate surface area is 150 Å². The molecule has 0 aliphatic carbocycles. The lowest BCUT2D eigenvalue weighted by Gasteiger charge is -2.23. The van der Waals surface area contributed by atoms with Crippen LogP contribution in [0.25, 0.3) is 0 Å². The standard InChI is InChI=1S/C18H21N3O3S/c1-13-20-16(11-25-13)17(22)21-6-4-18(12-21)7-15(10-24-18)23-9-14-3-2-5-19-8-14/h2-3,5,8,11,15H,4,6-7,9-10,12H2,1H3/t15-,18-/m0/s1. The first-order chi connectivity index (χ1) is 12.1. The molecular weight excluding hydrogens is 338 g/mol. The van der Waals surface area contributed by atoms with Crippen molar-refractivity contribution in [2.45, 2.75) is 38.1 Å². The number of likely N-dealkylation sites (tertiary alicyclic amines) is 1. The van der Waals surface area contributed by atoms with Crippen molar-refractivity contribution in [3.05, 3.63) is 46.2 Å².